The minimum absolute atomic E-state index is 0.0446. The Balaban J connectivity index is 2.67. The van der Waals surface area contributed by atoms with Gasteiger partial charge in [-0.1, -0.05) is 0 Å². The molecule has 1 N–H and O–H groups in total. The number of hydrogen-bond donors (Lipinski definition) is 1. The van der Waals surface area contributed by atoms with Crippen molar-refractivity contribution < 1.29 is 27.1 Å². The molecular formula is C11H4BrF5OS. The van der Waals surface area contributed by atoms with Crippen molar-refractivity contribution in [1.82, 2.24) is 0 Å². The number of halogens is 6. The van der Waals surface area contributed by atoms with Crippen LogP contribution >= 0.6 is 27.3 Å². The molecule has 0 aliphatic rings. The van der Waals surface area contributed by atoms with Crippen LogP contribution in [0, 0.1) is 29.1 Å². The smallest absolute Gasteiger partial charge is 0.200 e. The highest BCUT2D eigenvalue weighted by Gasteiger charge is 2.31. The Morgan fingerprint density at radius 1 is 0.947 bits per heavy atom. The fourth-order valence-electron chi connectivity index (χ4n) is 1.49. The fourth-order valence-corrected chi connectivity index (χ4v) is 3.08. The monoisotopic (exact) mass is 358 g/mol. The van der Waals surface area contributed by atoms with Gasteiger partial charge < -0.3 is 5.11 Å². The number of hydrogen-bond acceptors (Lipinski definition) is 2. The molecule has 0 aliphatic carbocycles. The molecule has 1 nitrogen and oxygen atoms in total. The molecule has 8 heteroatoms. The van der Waals surface area contributed by atoms with Gasteiger partial charge in [-0.05, 0) is 27.4 Å². The topological polar surface area (TPSA) is 20.2 Å². The molecular weight excluding hydrogens is 355 g/mol. The van der Waals surface area contributed by atoms with Crippen molar-refractivity contribution in [3.63, 3.8) is 0 Å². The van der Waals surface area contributed by atoms with Gasteiger partial charge in [0.05, 0.1) is 10.4 Å². The summed E-state index contributed by atoms with van der Waals surface area (Å²) in [6.45, 7) is 0. The number of thiophene rings is 1. The highest BCUT2D eigenvalue weighted by Crippen LogP contribution is 2.37. The third-order valence-corrected chi connectivity index (χ3v) is 4.33. The van der Waals surface area contributed by atoms with Gasteiger partial charge in [0.25, 0.3) is 0 Å². The first kappa shape index (κ1) is 14.4. The van der Waals surface area contributed by atoms with Crippen LogP contribution in [-0.2, 0) is 0 Å². The van der Waals surface area contributed by atoms with Gasteiger partial charge in [0.2, 0.25) is 5.82 Å². The molecule has 0 bridgehead atoms. The quantitative estimate of drug-likeness (QED) is 0.482. The molecule has 102 valence electrons. The van der Waals surface area contributed by atoms with E-state index >= 15 is 0 Å². The summed E-state index contributed by atoms with van der Waals surface area (Å²) in [6.07, 6.45) is -1.95. The van der Waals surface area contributed by atoms with Crippen molar-refractivity contribution in [2.75, 3.05) is 0 Å². The lowest BCUT2D eigenvalue weighted by molar-refractivity contribution is 0.205. The summed E-state index contributed by atoms with van der Waals surface area (Å²) in [5.74, 6) is -10.5. The Morgan fingerprint density at radius 3 is 1.84 bits per heavy atom. The second-order valence-corrected chi connectivity index (χ2v) is 5.32. The van der Waals surface area contributed by atoms with Crippen LogP contribution in [0.5, 0.6) is 0 Å². The molecule has 0 saturated carbocycles. The van der Waals surface area contributed by atoms with E-state index in [0.717, 1.165) is 11.3 Å². The van der Waals surface area contributed by atoms with Crippen LogP contribution in [-0.4, -0.2) is 5.11 Å². The normalized spacial score (nSPS) is 12.8. The van der Waals surface area contributed by atoms with Crippen molar-refractivity contribution >= 4 is 27.3 Å². The predicted molar refractivity (Wildman–Crippen MR) is 62.3 cm³/mol. The Bertz CT molecular complexity index is 613. The van der Waals surface area contributed by atoms with E-state index in [-0.39, 0.29) is 4.88 Å². The van der Waals surface area contributed by atoms with Crippen LogP contribution in [0.4, 0.5) is 22.0 Å². The van der Waals surface area contributed by atoms with E-state index in [1.165, 1.54) is 11.4 Å². The molecule has 0 fully saturated rings. The molecule has 0 spiro atoms. The summed E-state index contributed by atoms with van der Waals surface area (Å²) in [5, 5.41) is 11.3. The van der Waals surface area contributed by atoms with E-state index in [9.17, 15) is 27.1 Å². The minimum Gasteiger partial charge on any atom is -0.383 e. The summed E-state index contributed by atoms with van der Waals surface area (Å²) in [6, 6.07) is 1.48. The van der Waals surface area contributed by atoms with Crippen molar-refractivity contribution in [2.24, 2.45) is 0 Å². The molecule has 0 aliphatic heterocycles. The maximum atomic E-state index is 13.5. The highest BCUT2D eigenvalue weighted by molar-refractivity contribution is 9.10. The van der Waals surface area contributed by atoms with Crippen LogP contribution in [0.3, 0.4) is 0 Å². The van der Waals surface area contributed by atoms with Crippen LogP contribution in [0.2, 0.25) is 0 Å². The predicted octanol–water partition coefficient (Wildman–Crippen LogP) is 4.29. The van der Waals surface area contributed by atoms with E-state index in [1.54, 1.807) is 0 Å². The van der Waals surface area contributed by atoms with Gasteiger partial charge in [-0.25, -0.2) is 22.0 Å². The first-order chi connectivity index (χ1) is 8.86. The second kappa shape index (κ2) is 5.18. The summed E-state index contributed by atoms with van der Waals surface area (Å²) in [5.41, 5.74) is -1.26. The third kappa shape index (κ3) is 2.28. The molecule has 1 aromatic carbocycles. The van der Waals surface area contributed by atoms with Crippen LogP contribution in [0.1, 0.15) is 16.5 Å². The summed E-state index contributed by atoms with van der Waals surface area (Å²) >= 11 is 3.93. The van der Waals surface area contributed by atoms with E-state index in [0.29, 0.717) is 4.47 Å². The lowest BCUT2D eigenvalue weighted by Crippen LogP contribution is -2.11. The van der Waals surface area contributed by atoms with E-state index in [1.807, 2.05) is 0 Å². The molecule has 19 heavy (non-hydrogen) atoms. The average Bonchev–Trinajstić information content (AvgIpc) is 2.80. The number of rotatable bonds is 2. The molecule has 1 atom stereocenters. The maximum absolute atomic E-state index is 13.5. The molecule has 0 saturated heterocycles. The Kier molecular flexibility index (Phi) is 3.93. The Morgan fingerprint density at radius 2 is 1.42 bits per heavy atom. The van der Waals surface area contributed by atoms with Crippen LogP contribution in [0.15, 0.2) is 15.9 Å². The molecule has 1 aromatic heterocycles. The first-order valence-electron chi connectivity index (χ1n) is 4.78. The fraction of sp³-hybridized carbons (Fsp3) is 0.0909. The van der Waals surface area contributed by atoms with Gasteiger partial charge in [0.1, 0.15) is 6.10 Å². The molecule has 2 rings (SSSR count). The van der Waals surface area contributed by atoms with Gasteiger partial charge >= 0.3 is 0 Å². The number of aliphatic hydroxyl groups excluding tert-OH is 1. The summed E-state index contributed by atoms with van der Waals surface area (Å²) in [7, 11) is 0. The highest BCUT2D eigenvalue weighted by atomic mass is 79.9. The van der Waals surface area contributed by atoms with Gasteiger partial charge in [0.15, 0.2) is 23.3 Å². The zero-order chi connectivity index (χ0) is 14.3. The maximum Gasteiger partial charge on any atom is 0.200 e. The number of benzene rings is 1. The summed E-state index contributed by atoms with van der Waals surface area (Å²) < 4.78 is 66.2. The van der Waals surface area contributed by atoms with Crippen LogP contribution in [0.25, 0.3) is 0 Å². The van der Waals surface area contributed by atoms with Crippen molar-refractivity contribution in [3.8, 4) is 0 Å². The molecule has 0 amide bonds. The van der Waals surface area contributed by atoms with E-state index < -0.39 is 40.8 Å². The largest absolute Gasteiger partial charge is 0.383 e. The lowest BCUT2D eigenvalue weighted by Gasteiger charge is -2.13. The van der Waals surface area contributed by atoms with Crippen molar-refractivity contribution in [3.05, 3.63) is 55.4 Å². The van der Waals surface area contributed by atoms with Crippen molar-refractivity contribution in [1.29, 1.82) is 0 Å². The lowest BCUT2D eigenvalue weighted by atomic mass is 10.1. The molecule has 2 aromatic rings. The average molecular weight is 359 g/mol. The van der Waals surface area contributed by atoms with Crippen LogP contribution < -0.4 is 0 Å². The molecule has 1 unspecified atom stereocenters. The zero-order valence-electron chi connectivity index (χ0n) is 8.86. The number of aliphatic hydroxyl groups is 1. The Labute approximate surface area is 116 Å². The zero-order valence-corrected chi connectivity index (χ0v) is 11.3. The first-order valence-corrected chi connectivity index (χ1v) is 6.45. The van der Waals surface area contributed by atoms with E-state index in [4.69, 9.17) is 0 Å². The second-order valence-electron chi connectivity index (χ2n) is 3.52. The standard InChI is InChI=1S/C11H4BrF5OS/c12-3-1-2-19-11(3)10(18)4-5(13)7(15)9(17)8(16)6(4)14/h1-2,10,18H. The van der Waals surface area contributed by atoms with Gasteiger partial charge in [0, 0.05) is 4.47 Å². The van der Waals surface area contributed by atoms with E-state index in [2.05, 4.69) is 15.9 Å². The third-order valence-electron chi connectivity index (χ3n) is 2.41. The molecule has 0 radical (unpaired) electrons. The molecule has 1 heterocycles. The van der Waals surface area contributed by atoms with Gasteiger partial charge in [-0.2, -0.15) is 0 Å². The van der Waals surface area contributed by atoms with Gasteiger partial charge in [-0.3, -0.25) is 0 Å². The summed E-state index contributed by atoms with van der Waals surface area (Å²) in [4.78, 5) is 0.0446. The van der Waals surface area contributed by atoms with Crippen molar-refractivity contribution in [2.45, 2.75) is 6.10 Å². The SMILES string of the molecule is OC(c1sccc1Br)c1c(F)c(F)c(F)c(F)c1F. The van der Waals surface area contributed by atoms with Gasteiger partial charge in [-0.15, -0.1) is 11.3 Å². The Hall–Kier alpha value is -0.990. The minimum atomic E-state index is -2.25.